The number of aromatic nitrogens is 2. The molecule has 1 N–H and O–H groups in total. The maximum atomic E-state index is 12.4. The molecule has 1 unspecified atom stereocenters. The topological polar surface area (TPSA) is 58.1 Å². The van der Waals surface area contributed by atoms with Gasteiger partial charge in [-0.2, -0.15) is 0 Å². The maximum Gasteiger partial charge on any atom is 0.257 e. The van der Waals surface area contributed by atoms with Gasteiger partial charge in [-0.25, -0.2) is 9.97 Å². The van der Waals surface area contributed by atoms with Crippen molar-refractivity contribution in [1.29, 1.82) is 0 Å². The van der Waals surface area contributed by atoms with Crippen LogP contribution in [0, 0.1) is 0 Å². The molecule has 1 aliphatic rings. The Kier molecular flexibility index (Phi) is 4.87. The second-order valence-electron chi connectivity index (χ2n) is 7.19. The highest BCUT2D eigenvalue weighted by molar-refractivity contribution is 7.16. The number of benzene rings is 2. The Morgan fingerprint density at radius 2 is 2.07 bits per heavy atom. The predicted octanol–water partition coefficient (Wildman–Crippen LogP) is 5.12. The van der Waals surface area contributed by atoms with E-state index in [9.17, 15) is 4.79 Å². The van der Waals surface area contributed by atoms with E-state index in [-0.39, 0.29) is 5.91 Å². The van der Waals surface area contributed by atoms with Crippen LogP contribution < -0.4 is 5.32 Å². The SMILES string of the molecule is CC(c1ccc2scnc2c1)N1CCc2sc(NC(=O)c3ccccc3)nc2C1. The molecule has 1 amide bonds. The number of hydrogen-bond acceptors (Lipinski definition) is 6. The van der Waals surface area contributed by atoms with Gasteiger partial charge in [0.05, 0.1) is 21.4 Å². The largest absolute Gasteiger partial charge is 0.298 e. The maximum absolute atomic E-state index is 12.4. The molecule has 0 saturated heterocycles. The molecule has 3 heterocycles. The summed E-state index contributed by atoms with van der Waals surface area (Å²) in [5, 5.41) is 3.63. The van der Waals surface area contributed by atoms with Gasteiger partial charge in [-0.3, -0.25) is 15.0 Å². The zero-order chi connectivity index (χ0) is 19.8. The van der Waals surface area contributed by atoms with E-state index in [4.69, 9.17) is 4.98 Å². The van der Waals surface area contributed by atoms with Crippen LogP contribution in [0.5, 0.6) is 0 Å². The van der Waals surface area contributed by atoms with E-state index in [2.05, 4.69) is 40.3 Å². The van der Waals surface area contributed by atoms with Gasteiger partial charge in [-0.1, -0.05) is 24.3 Å². The van der Waals surface area contributed by atoms with Crippen molar-refractivity contribution in [2.75, 3.05) is 11.9 Å². The molecule has 4 aromatic rings. The van der Waals surface area contributed by atoms with Crippen LogP contribution in [0.4, 0.5) is 5.13 Å². The number of thiazole rings is 2. The molecule has 0 saturated carbocycles. The van der Waals surface area contributed by atoms with E-state index < -0.39 is 0 Å². The summed E-state index contributed by atoms with van der Waals surface area (Å²) in [4.78, 5) is 25.3. The molecular weight excluding hydrogens is 400 g/mol. The molecule has 2 aromatic carbocycles. The highest BCUT2D eigenvalue weighted by Gasteiger charge is 2.25. The summed E-state index contributed by atoms with van der Waals surface area (Å²) in [6, 6.07) is 16.1. The fourth-order valence-corrected chi connectivity index (χ4v) is 5.32. The second kappa shape index (κ2) is 7.67. The minimum absolute atomic E-state index is 0.113. The summed E-state index contributed by atoms with van der Waals surface area (Å²) < 4.78 is 1.22. The molecule has 29 heavy (non-hydrogen) atoms. The number of nitrogens with zero attached hydrogens (tertiary/aromatic N) is 3. The van der Waals surface area contributed by atoms with Crippen molar-refractivity contribution in [3.05, 3.63) is 75.7 Å². The summed E-state index contributed by atoms with van der Waals surface area (Å²) in [6.45, 7) is 4.02. The van der Waals surface area contributed by atoms with E-state index in [0.29, 0.717) is 16.7 Å². The molecule has 5 nitrogen and oxygen atoms in total. The molecule has 146 valence electrons. The van der Waals surface area contributed by atoms with Crippen LogP contribution in [0.2, 0.25) is 0 Å². The van der Waals surface area contributed by atoms with Gasteiger partial charge in [0.15, 0.2) is 5.13 Å². The molecule has 1 aliphatic heterocycles. The number of carbonyl (C=O) groups excluding carboxylic acids is 1. The smallest absolute Gasteiger partial charge is 0.257 e. The van der Waals surface area contributed by atoms with Crippen LogP contribution in [-0.2, 0) is 13.0 Å². The predicted molar refractivity (Wildman–Crippen MR) is 119 cm³/mol. The van der Waals surface area contributed by atoms with Crippen molar-refractivity contribution in [3.8, 4) is 0 Å². The third-order valence-corrected chi connectivity index (χ3v) is 7.28. The van der Waals surface area contributed by atoms with E-state index in [1.165, 1.54) is 15.1 Å². The highest BCUT2D eigenvalue weighted by Crippen LogP contribution is 2.33. The first-order valence-corrected chi connectivity index (χ1v) is 11.3. The first-order valence-electron chi connectivity index (χ1n) is 9.59. The molecule has 1 atom stereocenters. The number of amides is 1. The fourth-order valence-electron chi connectivity index (χ4n) is 3.71. The summed E-state index contributed by atoms with van der Waals surface area (Å²) in [6.07, 6.45) is 0.956. The Labute approximate surface area is 177 Å². The van der Waals surface area contributed by atoms with Crippen molar-refractivity contribution in [2.45, 2.75) is 25.9 Å². The van der Waals surface area contributed by atoms with Crippen molar-refractivity contribution < 1.29 is 4.79 Å². The Morgan fingerprint density at radius 1 is 1.21 bits per heavy atom. The van der Waals surface area contributed by atoms with E-state index in [1.807, 2.05) is 35.8 Å². The van der Waals surface area contributed by atoms with Crippen LogP contribution in [-0.4, -0.2) is 27.3 Å². The second-order valence-corrected chi connectivity index (χ2v) is 9.15. The van der Waals surface area contributed by atoms with Crippen LogP contribution in [0.15, 0.2) is 54.0 Å². The van der Waals surface area contributed by atoms with Crippen molar-refractivity contribution >= 4 is 43.9 Å². The zero-order valence-corrected chi connectivity index (χ0v) is 17.6. The van der Waals surface area contributed by atoms with Crippen LogP contribution in [0.25, 0.3) is 10.2 Å². The molecule has 0 bridgehead atoms. The average molecular weight is 421 g/mol. The molecule has 5 rings (SSSR count). The first-order chi connectivity index (χ1) is 14.2. The minimum atomic E-state index is -0.113. The van der Waals surface area contributed by atoms with E-state index >= 15 is 0 Å². The third kappa shape index (κ3) is 3.69. The summed E-state index contributed by atoms with van der Waals surface area (Å²) >= 11 is 3.26. The number of hydrogen-bond donors (Lipinski definition) is 1. The van der Waals surface area contributed by atoms with Gasteiger partial charge >= 0.3 is 0 Å². The molecular formula is C22H20N4OS2. The van der Waals surface area contributed by atoms with Gasteiger partial charge in [-0.15, -0.1) is 22.7 Å². The zero-order valence-electron chi connectivity index (χ0n) is 16.0. The van der Waals surface area contributed by atoms with Crippen molar-refractivity contribution in [2.24, 2.45) is 0 Å². The average Bonchev–Trinajstić information content (AvgIpc) is 3.38. The number of rotatable bonds is 4. The third-order valence-electron chi connectivity index (χ3n) is 5.40. The number of carbonyl (C=O) groups is 1. The Balaban J connectivity index is 1.31. The van der Waals surface area contributed by atoms with Gasteiger partial charge in [0.25, 0.3) is 5.91 Å². The van der Waals surface area contributed by atoms with Gasteiger partial charge in [-0.05, 0) is 43.2 Å². The van der Waals surface area contributed by atoms with Crippen LogP contribution >= 0.6 is 22.7 Å². The summed E-state index contributed by atoms with van der Waals surface area (Å²) in [5.74, 6) is -0.113. The van der Waals surface area contributed by atoms with E-state index in [0.717, 1.165) is 30.7 Å². The molecule has 0 radical (unpaired) electrons. The molecule has 0 fully saturated rings. The number of fused-ring (bicyclic) bond motifs is 2. The van der Waals surface area contributed by atoms with Gasteiger partial charge < -0.3 is 0 Å². The normalized spacial score (nSPS) is 15.2. The monoisotopic (exact) mass is 420 g/mol. The molecule has 0 spiro atoms. The molecule has 2 aromatic heterocycles. The van der Waals surface area contributed by atoms with Crippen LogP contribution in [0.3, 0.4) is 0 Å². The quantitative estimate of drug-likeness (QED) is 0.498. The molecule has 0 aliphatic carbocycles. The Morgan fingerprint density at radius 3 is 2.93 bits per heavy atom. The van der Waals surface area contributed by atoms with Gasteiger partial charge in [0.2, 0.25) is 0 Å². The first kappa shape index (κ1) is 18.4. The Hall–Kier alpha value is -2.61. The lowest BCUT2D eigenvalue weighted by Crippen LogP contribution is -2.32. The van der Waals surface area contributed by atoms with Crippen molar-refractivity contribution in [1.82, 2.24) is 14.9 Å². The van der Waals surface area contributed by atoms with E-state index in [1.54, 1.807) is 22.7 Å². The standard InChI is InChI=1S/C22H20N4OS2/c1-14(16-7-8-19-17(11-16)23-13-28-19)26-10-9-20-18(12-26)24-22(29-20)25-21(27)15-5-3-2-4-6-15/h2-8,11,13-14H,9-10,12H2,1H3,(H,24,25,27). The molecule has 7 heteroatoms. The fraction of sp³-hybridized carbons (Fsp3) is 0.227. The summed E-state index contributed by atoms with van der Waals surface area (Å²) in [7, 11) is 0. The lowest BCUT2D eigenvalue weighted by molar-refractivity contribution is 0.102. The van der Waals surface area contributed by atoms with Gasteiger partial charge in [0, 0.05) is 29.6 Å². The lowest BCUT2D eigenvalue weighted by Gasteiger charge is -2.32. The number of anilines is 1. The highest BCUT2D eigenvalue weighted by atomic mass is 32.1. The van der Waals surface area contributed by atoms with Crippen LogP contribution in [0.1, 0.15) is 39.5 Å². The lowest BCUT2D eigenvalue weighted by atomic mass is 10.0. The Bertz CT molecular complexity index is 1170. The number of nitrogens with one attached hydrogen (secondary N) is 1. The summed E-state index contributed by atoms with van der Waals surface area (Å²) in [5.41, 5.74) is 5.96. The minimum Gasteiger partial charge on any atom is -0.298 e. The van der Waals surface area contributed by atoms with Gasteiger partial charge in [0.1, 0.15) is 0 Å². The van der Waals surface area contributed by atoms with Crippen molar-refractivity contribution in [3.63, 3.8) is 0 Å².